The van der Waals surface area contributed by atoms with Gasteiger partial charge in [-0.05, 0) is 68.7 Å². The highest BCUT2D eigenvalue weighted by molar-refractivity contribution is 5.89. The van der Waals surface area contributed by atoms with Gasteiger partial charge in [0.25, 0.3) is 0 Å². The van der Waals surface area contributed by atoms with Crippen molar-refractivity contribution in [3.63, 3.8) is 0 Å². The molecule has 0 spiro atoms. The van der Waals surface area contributed by atoms with Crippen LogP contribution in [0.5, 0.6) is 0 Å². The van der Waals surface area contributed by atoms with E-state index in [-0.39, 0.29) is 18.9 Å². The molecule has 0 aromatic heterocycles. The SMILES string of the molecule is CCCCC(NC(=O)[C@H](CCCCNC(=O)OCC1c2ccccc2-c2ccccc21)NC(=O)OC(C)(C)C)C(=O)O. The van der Waals surface area contributed by atoms with Crippen molar-refractivity contribution in [1.29, 1.82) is 0 Å². The van der Waals surface area contributed by atoms with Gasteiger partial charge in [-0.25, -0.2) is 14.4 Å². The lowest BCUT2D eigenvalue weighted by Gasteiger charge is -2.24. The van der Waals surface area contributed by atoms with Crippen molar-refractivity contribution < 1.29 is 33.8 Å². The van der Waals surface area contributed by atoms with Crippen molar-refractivity contribution in [2.45, 2.75) is 89.8 Å². The summed E-state index contributed by atoms with van der Waals surface area (Å²) >= 11 is 0. The highest BCUT2D eigenvalue weighted by Crippen LogP contribution is 2.44. The minimum atomic E-state index is -1.12. The summed E-state index contributed by atoms with van der Waals surface area (Å²) in [6.07, 6.45) is 1.65. The lowest BCUT2D eigenvalue weighted by atomic mass is 9.98. The Balaban J connectivity index is 1.48. The summed E-state index contributed by atoms with van der Waals surface area (Å²) in [5.74, 6) is -1.75. The normalized spacial score (nSPS) is 13.7. The summed E-state index contributed by atoms with van der Waals surface area (Å²) in [7, 11) is 0. The van der Waals surface area contributed by atoms with Crippen LogP contribution in [-0.2, 0) is 19.1 Å². The molecule has 1 aliphatic rings. The first-order valence-electron chi connectivity index (χ1n) is 14.6. The second kappa shape index (κ2) is 15.2. The Bertz CT molecular complexity index is 1200. The zero-order chi connectivity index (χ0) is 30.7. The zero-order valence-corrected chi connectivity index (χ0v) is 24.9. The number of amides is 3. The average molecular weight is 582 g/mol. The van der Waals surface area contributed by atoms with Gasteiger partial charge in [0, 0.05) is 12.5 Å². The quantitative estimate of drug-likeness (QED) is 0.220. The summed E-state index contributed by atoms with van der Waals surface area (Å²) in [5.41, 5.74) is 3.81. The van der Waals surface area contributed by atoms with E-state index in [0.29, 0.717) is 32.2 Å². The number of hydrogen-bond acceptors (Lipinski definition) is 6. The number of unbranched alkanes of at least 4 members (excludes halogenated alkanes) is 2. The molecule has 10 heteroatoms. The van der Waals surface area contributed by atoms with E-state index in [9.17, 15) is 24.3 Å². The fourth-order valence-electron chi connectivity index (χ4n) is 4.97. The zero-order valence-electron chi connectivity index (χ0n) is 24.9. The minimum absolute atomic E-state index is 0.0340. The van der Waals surface area contributed by atoms with Crippen molar-refractivity contribution in [3.8, 4) is 11.1 Å². The van der Waals surface area contributed by atoms with Crippen LogP contribution in [0.15, 0.2) is 48.5 Å². The van der Waals surface area contributed by atoms with Gasteiger partial charge in [0.05, 0.1) is 0 Å². The number of carbonyl (C=O) groups excluding carboxylic acids is 3. The lowest BCUT2D eigenvalue weighted by molar-refractivity contribution is -0.142. The topological polar surface area (TPSA) is 143 Å². The standard InChI is InChI=1S/C32H43N3O7/c1-5-6-17-27(29(37)38)34-28(36)26(35-31(40)42-32(2,3)4)18-11-12-19-33-30(39)41-20-25-23-15-9-7-13-21(23)22-14-8-10-16-24(22)25/h7-10,13-16,25-27H,5-6,11-12,17-20H2,1-4H3,(H,33,39)(H,34,36)(H,35,40)(H,37,38)/t26-,27?/m0/s1. The molecule has 10 nitrogen and oxygen atoms in total. The molecule has 0 aliphatic heterocycles. The number of ether oxygens (including phenoxy) is 2. The number of alkyl carbamates (subject to hydrolysis) is 2. The van der Waals surface area contributed by atoms with Crippen LogP contribution in [0.25, 0.3) is 11.1 Å². The second-order valence-corrected chi connectivity index (χ2v) is 11.5. The molecular weight excluding hydrogens is 538 g/mol. The van der Waals surface area contributed by atoms with Crippen LogP contribution < -0.4 is 16.0 Å². The number of fused-ring (bicyclic) bond motifs is 3. The second-order valence-electron chi connectivity index (χ2n) is 11.5. The maximum Gasteiger partial charge on any atom is 0.408 e. The van der Waals surface area contributed by atoms with Gasteiger partial charge in [0.2, 0.25) is 5.91 Å². The molecule has 0 heterocycles. The Hall–Kier alpha value is -4.08. The number of aliphatic carboxylic acids is 1. The molecule has 3 amide bonds. The molecule has 42 heavy (non-hydrogen) atoms. The Labute approximate surface area is 247 Å². The van der Waals surface area contributed by atoms with Crippen LogP contribution in [-0.4, -0.2) is 60.0 Å². The third kappa shape index (κ3) is 9.49. The third-order valence-corrected chi connectivity index (χ3v) is 7.00. The maximum atomic E-state index is 12.9. The molecule has 0 saturated carbocycles. The van der Waals surface area contributed by atoms with Gasteiger partial charge in [0.1, 0.15) is 24.3 Å². The van der Waals surface area contributed by atoms with Crippen LogP contribution in [0.3, 0.4) is 0 Å². The summed E-state index contributed by atoms with van der Waals surface area (Å²) in [6.45, 7) is 7.59. The van der Waals surface area contributed by atoms with Crippen LogP contribution >= 0.6 is 0 Å². The number of benzene rings is 2. The monoisotopic (exact) mass is 581 g/mol. The highest BCUT2D eigenvalue weighted by Gasteiger charge is 2.30. The van der Waals surface area contributed by atoms with Gasteiger partial charge in [-0.1, -0.05) is 68.3 Å². The van der Waals surface area contributed by atoms with E-state index in [1.54, 1.807) is 20.8 Å². The fraction of sp³-hybridized carbons (Fsp3) is 0.500. The maximum absolute atomic E-state index is 12.9. The first-order valence-corrected chi connectivity index (χ1v) is 14.6. The van der Waals surface area contributed by atoms with Crippen molar-refractivity contribution in [1.82, 2.24) is 16.0 Å². The van der Waals surface area contributed by atoms with Crippen molar-refractivity contribution >= 4 is 24.1 Å². The highest BCUT2D eigenvalue weighted by atomic mass is 16.6. The summed E-state index contributed by atoms with van der Waals surface area (Å²) in [4.78, 5) is 49.4. The molecule has 228 valence electrons. The van der Waals surface area contributed by atoms with E-state index in [1.165, 1.54) is 0 Å². The van der Waals surface area contributed by atoms with E-state index in [4.69, 9.17) is 9.47 Å². The number of carboxylic acid groups (broad SMARTS) is 1. The van der Waals surface area contributed by atoms with Gasteiger partial charge in [-0.3, -0.25) is 4.79 Å². The number of nitrogens with one attached hydrogen (secondary N) is 3. The number of hydrogen-bond donors (Lipinski definition) is 4. The largest absolute Gasteiger partial charge is 0.480 e. The Morgan fingerprint density at radius 2 is 1.43 bits per heavy atom. The molecular formula is C32H43N3O7. The molecule has 0 saturated heterocycles. The van der Waals surface area contributed by atoms with Gasteiger partial charge < -0.3 is 30.5 Å². The molecule has 0 fully saturated rings. The van der Waals surface area contributed by atoms with Crippen molar-refractivity contribution in [2.24, 2.45) is 0 Å². The first-order chi connectivity index (χ1) is 20.0. The van der Waals surface area contributed by atoms with Crippen molar-refractivity contribution in [3.05, 3.63) is 59.7 Å². The van der Waals surface area contributed by atoms with Crippen LogP contribution in [0.4, 0.5) is 9.59 Å². The van der Waals surface area contributed by atoms with Gasteiger partial charge in [-0.15, -0.1) is 0 Å². The van der Waals surface area contributed by atoms with E-state index in [2.05, 4.69) is 40.2 Å². The predicted molar refractivity (Wildman–Crippen MR) is 159 cm³/mol. The third-order valence-electron chi connectivity index (χ3n) is 7.00. The minimum Gasteiger partial charge on any atom is -0.480 e. The van der Waals surface area contributed by atoms with Gasteiger partial charge in [0.15, 0.2) is 0 Å². The molecule has 3 rings (SSSR count). The number of rotatable bonds is 14. The number of carboxylic acids is 1. The number of carbonyl (C=O) groups is 4. The first kappa shape index (κ1) is 32.4. The van der Waals surface area contributed by atoms with E-state index >= 15 is 0 Å². The summed E-state index contributed by atoms with van der Waals surface area (Å²) in [5, 5.41) is 17.3. The van der Waals surface area contributed by atoms with E-state index in [1.807, 2.05) is 31.2 Å². The Morgan fingerprint density at radius 3 is 2.00 bits per heavy atom. The lowest BCUT2D eigenvalue weighted by Crippen LogP contribution is -2.52. The van der Waals surface area contributed by atoms with Crippen molar-refractivity contribution in [2.75, 3.05) is 13.2 Å². The molecule has 2 atom stereocenters. The van der Waals surface area contributed by atoms with Crippen LogP contribution in [0.1, 0.15) is 83.3 Å². The predicted octanol–water partition coefficient (Wildman–Crippen LogP) is 5.35. The molecule has 0 bridgehead atoms. The molecule has 4 N–H and O–H groups in total. The molecule has 2 aromatic rings. The van der Waals surface area contributed by atoms with E-state index in [0.717, 1.165) is 28.7 Å². The summed E-state index contributed by atoms with van der Waals surface area (Å²) < 4.78 is 10.8. The Morgan fingerprint density at radius 1 is 0.833 bits per heavy atom. The summed E-state index contributed by atoms with van der Waals surface area (Å²) in [6, 6.07) is 14.2. The van der Waals surface area contributed by atoms with Crippen LogP contribution in [0.2, 0.25) is 0 Å². The average Bonchev–Trinajstić information content (AvgIpc) is 3.25. The Kier molecular flexibility index (Phi) is 11.8. The molecule has 2 aromatic carbocycles. The van der Waals surface area contributed by atoms with Gasteiger partial charge in [-0.2, -0.15) is 0 Å². The van der Waals surface area contributed by atoms with Crippen LogP contribution in [0, 0.1) is 0 Å². The smallest absolute Gasteiger partial charge is 0.408 e. The fourth-order valence-corrected chi connectivity index (χ4v) is 4.97. The molecule has 0 radical (unpaired) electrons. The molecule has 1 aliphatic carbocycles. The van der Waals surface area contributed by atoms with Gasteiger partial charge >= 0.3 is 18.2 Å². The molecule has 1 unspecified atom stereocenters. The van der Waals surface area contributed by atoms with E-state index < -0.39 is 41.7 Å².